The van der Waals surface area contributed by atoms with Gasteiger partial charge in [-0.25, -0.2) is 0 Å². The van der Waals surface area contributed by atoms with Gasteiger partial charge in [-0.3, -0.25) is 4.79 Å². The van der Waals surface area contributed by atoms with Gasteiger partial charge in [-0.15, -0.1) is 0 Å². The molecule has 5 nitrogen and oxygen atoms in total. The van der Waals surface area contributed by atoms with Gasteiger partial charge in [-0.1, -0.05) is 12.1 Å². The molecular weight excluding hydrogens is 220 g/mol. The van der Waals surface area contributed by atoms with Gasteiger partial charge in [-0.05, 0) is 12.1 Å². The molecule has 86 valence electrons. The fourth-order valence-corrected chi connectivity index (χ4v) is 2.04. The number of oxazole rings is 1. The highest BCUT2D eigenvalue weighted by atomic mass is 16.4. The molecule has 3 aromatic rings. The maximum absolute atomic E-state index is 10.6. The lowest BCUT2D eigenvalue weighted by Gasteiger charge is -1.94. The molecule has 17 heavy (non-hydrogen) atoms. The first-order chi connectivity index (χ1) is 8.16. The molecule has 0 bridgehead atoms. The van der Waals surface area contributed by atoms with Crippen LogP contribution in [0.5, 0.6) is 0 Å². The molecule has 3 rings (SSSR count). The van der Waals surface area contributed by atoms with Crippen LogP contribution in [-0.2, 0) is 18.3 Å². The second kappa shape index (κ2) is 3.35. The van der Waals surface area contributed by atoms with E-state index in [-0.39, 0.29) is 12.3 Å². The van der Waals surface area contributed by atoms with E-state index >= 15 is 0 Å². The minimum absolute atomic E-state index is 0.191. The summed E-state index contributed by atoms with van der Waals surface area (Å²) < 4.78 is 7.40. The van der Waals surface area contributed by atoms with Crippen molar-refractivity contribution in [3.8, 4) is 0 Å². The van der Waals surface area contributed by atoms with Crippen LogP contribution < -0.4 is 0 Å². The number of aryl methyl sites for hydroxylation is 1. The average Bonchev–Trinajstić information content (AvgIpc) is 2.80. The van der Waals surface area contributed by atoms with Crippen molar-refractivity contribution in [1.82, 2.24) is 9.55 Å². The van der Waals surface area contributed by atoms with Crippen LogP contribution in [0.2, 0.25) is 0 Å². The summed E-state index contributed by atoms with van der Waals surface area (Å²) in [5, 5.41) is 9.66. The van der Waals surface area contributed by atoms with E-state index in [9.17, 15) is 4.79 Å². The molecule has 0 saturated heterocycles. The van der Waals surface area contributed by atoms with Crippen molar-refractivity contribution in [2.45, 2.75) is 6.42 Å². The first-order valence-electron chi connectivity index (χ1n) is 5.21. The normalized spacial score (nSPS) is 11.4. The van der Waals surface area contributed by atoms with Crippen LogP contribution in [-0.4, -0.2) is 20.6 Å². The van der Waals surface area contributed by atoms with Crippen molar-refractivity contribution in [1.29, 1.82) is 0 Å². The molecule has 0 aliphatic heterocycles. The molecule has 0 aliphatic carbocycles. The molecule has 0 radical (unpaired) electrons. The summed E-state index contributed by atoms with van der Waals surface area (Å²) in [6, 6.07) is 7.78. The number of hydrogen-bond donors (Lipinski definition) is 1. The lowest BCUT2D eigenvalue weighted by molar-refractivity contribution is -0.136. The van der Waals surface area contributed by atoms with Crippen LogP contribution >= 0.6 is 0 Å². The van der Waals surface area contributed by atoms with E-state index in [2.05, 4.69) is 4.98 Å². The second-order valence-electron chi connectivity index (χ2n) is 3.91. The number of fused-ring (bicyclic) bond motifs is 3. The number of carboxylic acids is 1. The van der Waals surface area contributed by atoms with Crippen LogP contribution in [0, 0.1) is 0 Å². The molecule has 1 aromatic carbocycles. The molecule has 0 atom stereocenters. The van der Waals surface area contributed by atoms with Crippen LogP contribution in [0.1, 0.15) is 5.89 Å². The van der Waals surface area contributed by atoms with Crippen molar-refractivity contribution in [3.05, 3.63) is 30.2 Å². The number of para-hydroxylation sites is 1. The standard InChI is InChI=1S/C12H10N2O3/c1-14-8-5-3-2-4-7(8)11-12(14)13-9(17-11)6-10(15)16/h2-5H,6H2,1H3,(H,15,16). The molecule has 2 aromatic heterocycles. The highest BCUT2D eigenvalue weighted by molar-refractivity contribution is 6.03. The first kappa shape index (κ1) is 9.89. The summed E-state index contributed by atoms with van der Waals surface area (Å²) >= 11 is 0. The zero-order valence-corrected chi connectivity index (χ0v) is 9.17. The molecule has 5 heteroatoms. The lowest BCUT2D eigenvalue weighted by Crippen LogP contribution is -2.00. The molecule has 0 unspecified atom stereocenters. The van der Waals surface area contributed by atoms with Crippen LogP contribution in [0.3, 0.4) is 0 Å². The van der Waals surface area contributed by atoms with Gasteiger partial charge in [0, 0.05) is 12.4 Å². The van der Waals surface area contributed by atoms with E-state index < -0.39 is 5.97 Å². The number of rotatable bonds is 2. The van der Waals surface area contributed by atoms with Gasteiger partial charge in [0.25, 0.3) is 0 Å². The van der Waals surface area contributed by atoms with Gasteiger partial charge >= 0.3 is 5.97 Å². The molecule has 0 aliphatic rings. The molecule has 1 N–H and O–H groups in total. The Kier molecular flexibility index (Phi) is 1.95. The Balaban J connectivity index is 2.30. The fourth-order valence-electron chi connectivity index (χ4n) is 2.04. The molecule has 0 spiro atoms. The highest BCUT2D eigenvalue weighted by Crippen LogP contribution is 2.28. The molecular formula is C12H10N2O3. The third-order valence-electron chi connectivity index (χ3n) is 2.78. The molecule has 0 amide bonds. The molecule has 0 fully saturated rings. The van der Waals surface area contributed by atoms with Gasteiger partial charge in [0.2, 0.25) is 5.89 Å². The van der Waals surface area contributed by atoms with E-state index in [0.717, 1.165) is 10.9 Å². The number of carbonyl (C=O) groups is 1. The number of aliphatic carboxylic acids is 1. The maximum atomic E-state index is 10.6. The Hall–Kier alpha value is -2.30. The summed E-state index contributed by atoms with van der Waals surface area (Å²) in [4.78, 5) is 14.8. The zero-order chi connectivity index (χ0) is 12.0. The number of hydrogen-bond acceptors (Lipinski definition) is 3. The Labute approximate surface area is 96.3 Å². The average molecular weight is 230 g/mol. The van der Waals surface area contributed by atoms with Crippen LogP contribution in [0.15, 0.2) is 28.7 Å². The van der Waals surface area contributed by atoms with Crippen LogP contribution in [0.25, 0.3) is 22.1 Å². The van der Waals surface area contributed by atoms with Gasteiger partial charge in [-0.2, -0.15) is 4.98 Å². The van der Waals surface area contributed by atoms with Crippen molar-refractivity contribution in [2.24, 2.45) is 7.05 Å². The monoisotopic (exact) mass is 230 g/mol. The summed E-state index contributed by atoms with van der Waals surface area (Å²) in [6.07, 6.45) is -0.191. The van der Waals surface area contributed by atoms with E-state index in [0.29, 0.717) is 11.2 Å². The predicted molar refractivity (Wildman–Crippen MR) is 61.8 cm³/mol. The highest BCUT2D eigenvalue weighted by Gasteiger charge is 2.16. The van der Waals surface area contributed by atoms with Gasteiger partial charge in [0.1, 0.15) is 6.42 Å². The fraction of sp³-hybridized carbons (Fsp3) is 0.167. The zero-order valence-electron chi connectivity index (χ0n) is 9.17. The van der Waals surface area contributed by atoms with E-state index in [4.69, 9.17) is 9.52 Å². The number of carboxylic acid groups (broad SMARTS) is 1. The predicted octanol–water partition coefficient (Wildman–Crippen LogP) is 1.95. The topological polar surface area (TPSA) is 68.3 Å². The minimum Gasteiger partial charge on any atom is -0.481 e. The summed E-state index contributed by atoms with van der Waals surface area (Å²) in [5.41, 5.74) is 2.36. The number of nitrogens with zero attached hydrogens (tertiary/aromatic N) is 2. The third kappa shape index (κ3) is 1.39. The smallest absolute Gasteiger partial charge is 0.312 e. The maximum Gasteiger partial charge on any atom is 0.312 e. The number of benzene rings is 1. The largest absolute Gasteiger partial charge is 0.481 e. The van der Waals surface area contributed by atoms with E-state index in [1.807, 2.05) is 35.9 Å². The first-order valence-corrected chi connectivity index (χ1v) is 5.21. The van der Waals surface area contributed by atoms with E-state index in [1.54, 1.807) is 0 Å². The second-order valence-corrected chi connectivity index (χ2v) is 3.91. The Morgan fingerprint density at radius 2 is 2.24 bits per heavy atom. The van der Waals surface area contributed by atoms with Gasteiger partial charge < -0.3 is 14.1 Å². The van der Waals surface area contributed by atoms with E-state index in [1.165, 1.54) is 0 Å². The van der Waals surface area contributed by atoms with Gasteiger partial charge in [0.15, 0.2) is 11.2 Å². The van der Waals surface area contributed by atoms with Crippen LogP contribution in [0.4, 0.5) is 0 Å². The van der Waals surface area contributed by atoms with Gasteiger partial charge in [0.05, 0.1) is 5.52 Å². The van der Waals surface area contributed by atoms with Crippen molar-refractivity contribution >= 4 is 28.1 Å². The lowest BCUT2D eigenvalue weighted by atomic mass is 10.2. The van der Waals surface area contributed by atoms with Crippen molar-refractivity contribution in [3.63, 3.8) is 0 Å². The SMILES string of the molecule is Cn1c2ccccc2c2oc(CC(=O)O)nc21. The Morgan fingerprint density at radius 3 is 3.00 bits per heavy atom. The Morgan fingerprint density at radius 1 is 1.47 bits per heavy atom. The summed E-state index contributed by atoms with van der Waals surface area (Å²) in [6.45, 7) is 0. The molecule has 0 saturated carbocycles. The summed E-state index contributed by atoms with van der Waals surface area (Å²) in [7, 11) is 1.89. The number of aromatic nitrogens is 2. The third-order valence-corrected chi connectivity index (χ3v) is 2.78. The minimum atomic E-state index is -0.944. The summed E-state index contributed by atoms with van der Waals surface area (Å²) in [5.74, 6) is -0.704. The van der Waals surface area contributed by atoms with Crippen molar-refractivity contribution in [2.75, 3.05) is 0 Å². The Bertz CT molecular complexity index is 724. The quantitative estimate of drug-likeness (QED) is 0.730. The molecule has 2 heterocycles. The van der Waals surface area contributed by atoms with Crippen molar-refractivity contribution < 1.29 is 14.3 Å².